The molecule has 0 N–H and O–H groups in total. The highest BCUT2D eigenvalue weighted by molar-refractivity contribution is 6.07. The van der Waals surface area contributed by atoms with Crippen molar-refractivity contribution >= 4 is 17.7 Å². The summed E-state index contributed by atoms with van der Waals surface area (Å²) >= 11 is 0. The molecule has 1 saturated carbocycles. The van der Waals surface area contributed by atoms with E-state index in [0.29, 0.717) is 6.42 Å². The second-order valence-corrected chi connectivity index (χ2v) is 5.04. The van der Waals surface area contributed by atoms with Gasteiger partial charge in [-0.1, -0.05) is 13.8 Å². The second-order valence-electron chi connectivity index (χ2n) is 5.04. The van der Waals surface area contributed by atoms with Crippen LogP contribution in [0.25, 0.3) is 0 Å². The maximum absolute atomic E-state index is 12.2. The summed E-state index contributed by atoms with van der Waals surface area (Å²) in [4.78, 5) is 35.8. The lowest BCUT2D eigenvalue weighted by atomic mass is 9.89. The van der Waals surface area contributed by atoms with E-state index in [-0.39, 0.29) is 19.0 Å². The summed E-state index contributed by atoms with van der Waals surface area (Å²) in [7, 11) is 0. The van der Waals surface area contributed by atoms with Gasteiger partial charge in [0.15, 0.2) is 5.78 Å². The van der Waals surface area contributed by atoms with Crippen LogP contribution in [0.2, 0.25) is 0 Å². The fourth-order valence-electron chi connectivity index (χ4n) is 2.34. The Morgan fingerprint density at radius 1 is 1.17 bits per heavy atom. The lowest BCUT2D eigenvalue weighted by molar-refractivity contribution is -0.160. The highest BCUT2D eigenvalue weighted by atomic mass is 16.5. The monoisotopic (exact) mass is 256 g/mol. The molecule has 0 amide bonds. The van der Waals surface area contributed by atoms with Crippen LogP contribution in [0.5, 0.6) is 0 Å². The third kappa shape index (κ3) is 2.71. The van der Waals surface area contributed by atoms with Gasteiger partial charge in [0.2, 0.25) is 0 Å². The molecule has 0 aromatic carbocycles. The summed E-state index contributed by atoms with van der Waals surface area (Å²) in [6.45, 7) is 7.26. The Kier molecular flexibility index (Phi) is 4.48. The normalized spacial score (nSPS) is 25.9. The van der Waals surface area contributed by atoms with Gasteiger partial charge in [-0.3, -0.25) is 14.4 Å². The van der Waals surface area contributed by atoms with Crippen molar-refractivity contribution in [2.45, 2.75) is 34.1 Å². The average Bonchev–Trinajstić information content (AvgIpc) is 2.51. The van der Waals surface area contributed by atoms with Gasteiger partial charge in [-0.2, -0.15) is 0 Å². The van der Waals surface area contributed by atoms with Crippen molar-refractivity contribution in [1.29, 1.82) is 0 Å². The molecule has 1 aliphatic carbocycles. The minimum atomic E-state index is -1.01. The Morgan fingerprint density at radius 2 is 1.67 bits per heavy atom. The van der Waals surface area contributed by atoms with Gasteiger partial charge in [-0.05, 0) is 20.3 Å². The minimum absolute atomic E-state index is 0.193. The van der Waals surface area contributed by atoms with Gasteiger partial charge >= 0.3 is 11.9 Å². The molecule has 0 heterocycles. The number of Topliss-reactive ketones (excluding diaryl/α,β-unsaturated/α-hetero) is 1. The van der Waals surface area contributed by atoms with Crippen LogP contribution in [0, 0.1) is 17.3 Å². The van der Waals surface area contributed by atoms with Gasteiger partial charge in [0.25, 0.3) is 0 Å². The SMILES string of the molecule is CCOC(=O)C1CC(C)(C)C(=O)C1C(=O)OCC. The van der Waals surface area contributed by atoms with Crippen molar-refractivity contribution in [3.8, 4) is 0 Å². The van der Waals surface area contributed by atoms with Crippen molar-refractivity contribution in [3.63, 3.8) is 0 Å². The van der Waals surface area contributed by atoms with Crippen LogP contribution >= 0.6 is 0 Å². The van der Waals surface area contributed by atoms with E-state index in [1.807, 2.05) is 0 Å². The summed E-state index contributed by atoms with van der Waals surface area (Å²) in [5, 5.41) is 0. The van der Waals surface area contributed by atoms with E-state index >= 15 is 0 Å². The standard InChI is InChI=1S/C13H20O5/c1-5-17-11(15)8-7-13(3,4)10(14)9(8)12(16)18-6-2/h8-9H,5-7H2,1-4H3. The molecule has 2 atom stereocenters. The number of rotatable bonds is 4. The van der Waals surface area contributed by atoms with E-state index < -0.39 is 29.2 Å². The Morgan fingerprint density at radius 3 is 2.17 bits per heavy atom. The van der Waals surface area contributed by atoms with Crippen LogP contribution < -0.4 is 0 Å². The molecule has 0 aromatic heterocycles. The van der Waals surface area contributed by atoms with E-state index in [0.717, 1.165) is 0 Å². The number of carbonyl (C=O) groups excluding carboxylic acids is 3. The number of ether oxygens (including phenoxy) is 2. The largest absolute Gasteiger partial charge is 0.466 e. The van der Waals surface area contributed by atoms with Crippen LogP contribution in [0.1, 0.15) is 34.1 Å². The van der Waals surface area contributed by atoms with Crippen molar-refractivity contribution < 1.29 is 23.9 Å². The third-order valence-corrected chi connectivity index (χ3v) is 3.21. The van der Waals surface area contributed by atoms with Gasteiger partial charge in [-0.25, -0.2) is 0 Å². The molecule has 0 bridgehead atoms. The van der Waals surface area contributed by atoms with Crippen LogP contribution in [0.4, 0.5) is 0 Å². The number of ketones is 1. The fourth-order valence-corrected chi connectivity index (χ4v) is 2.34. The van der Waals surface area contributed by atoms with Crippen molar-refractivity contribution in [1.82, 2.24) is 0 Å². The van der Waals surface area contributed by atoms with Gasteiger partial charge < -0.3 is 9.47 Å². The highest BCUT2D eigenvalue weighted by Crippen LogP contribution is 2.43. The lowest BCUT2D eigenvalue weighted by Crippen LogP contribution is -2.33. The van der Waals surface area contributed by atoms with Gasteiger partial charge in [0.1, 0.15) is 5.92 Å². The summed E-state index contributed by atoms with van der Waals surface area (Å²) in [6, 6.07) is 0. The Bertz CT molecular complexity index is 358. The van der Waals surface area contributed by atoms with Gasteiger partial charge in [0, 0.05) is 5.41 Å². The molecule has 0 saturated heterocycles. The molecule has 1 aliphatic rings. The lowest BCUT2D eigenvalue weighted by Gasteiger charge is -2.15. The van der Waals surface area contributed by atoms with E-state index in [1.54, 1.807) is 27.7 Å². The maximum atomic E-state index is 12.2. The van der Waals surface area contributed by atoms with Crippen LogP contribution in [-0.4, -0.2) is 30.9 Å². The summed E-state index contributed by atoms with van der Waals surface area (Å²) in [6.07, 6.45) is 0.328. The highest BCUT2D eigenvalue weighted by Gasteiger charge is 2.54. The van der Waals surface area contributed by atoms with Crippen molar-refractivity contribution in [2.24, 2.45) is 17.3 Å². The Hall–Kier alpha value is -1.39. The van der Waals surface area contributed by atoms with E-state index in [9.17, 15) is 14.4 Å². The predicted molar refractivity (Wildman–Crippen MR) is 63.7 cm³/mol. The van der Waals surface area contributed by atoms with Crippen LogP contribution in [0.3, 0.4) is 0 Å². The smallest absolute Gasteiger partial charge is 0.317 e. The summed E-state index contributed by atoms with van der Waals surface area (Å²) in [5.41, 5.74) is -0.686. The summed E-state index contributed by atoms with van der Waals surface area (Å²) < 4.78 is 9.81. The quantitative estimate of drug-likeness (QED) is 0.561. The van der Waals surface area contributed by atoms with E-state index in [2.05, 4.69) is 0 Å². The molecule has 0 spiro atoms. The fraction of sp³-hybridized carbons (Fsp3) is 0.769. The molecule has 5 heteroatoms. The molecular weight excluding hydrogens is 236 g/mol. The molecule has 18 heavy (non-hydrogen) atoms. The first-order valence-electron chi connectivity index (χ1n) is 6.22. The zero-order valence-corrected chi connectivity index (χ0v) is 11.3. The first-order valence-corrected chi connectivity index (χ1v) is 6.22. The summed E-state index contributed by atoms with van der Waals surface area (Å²) in [5.74, 6) is -3.08. The predicted octanol–water partition coefficient (Wildman–Crippen LogP) is 1.34. The van der Waals surface area contributed by atoms with Gasteiger partial charge in [-0.15, -0.1) is 0 Å². The molecule has 1 rings (SSSR count). The zero-order chi connectivity index (χ0) is 13.9. The molecule has 1 fully saturated rings. The number of hydrogen-bond donors (Lipinski definition) is 0. The molecule has 0 radical (unpaired) electrons. The molecule has 0 aliphatic heterocycles. The average molecular weight is 256 g/mol. The molecule has 102 valence electrons. The van der Waals surface area contributed by atoms with Gasteiger partial charge in [0.05, 0.1) is 19.1 Å². The molecule has 5 nitrogen and oxygen atoms in total. The molecular formula is C13H20O5. The van der Waals surface area contributed by atoms with Crippen molar-refractivity contribution in [3.05, 3.63) is 0 Å². The first kappa shape index (κ1) is 14.7. The van der Waals surface area contributed by atoms with Crippen LogP contribution in [0.15, 0.2) is 0 Å². The number of hydrogen-bond acceptors (Lipinski definition) is 5. The number of esters is 2. The molecule has 2 unspecified atom stereocenters. The number of carbonyl (C=O) groups is 3. The molecule has 0 aromatic rings. The Balaban J connectivity index is 2.96. The topological polar surface area (TPSA) is 69.7 Å². The van der Waals surface area contributed by atoms with E-state index in [4.69, 9.17) is 9.47 Å². The van der Waals surface area contributed by atoms with Crippen LogP contribution in [-0.2, 0) is 23.9 Å². The second kappa shape index (κ2) is 5.50. The maximum Gasteiger partial charge on any atom is 0.317 e. The van der Waals surface area contributed by atoms with E-state index in [1.165, 1.54) is 0 Å². The zero-order valence-electron chi connectivity index (χ0n) is 11.3. The third-order valence-electron chi connectivity index (χ3n) is 3.21. The minimum Gasteiger partial charge on any atom is -0.466 e. The van der Waals surface area contributed by atoms with Crippen molar-refractivity contribution in [2.75, 3.05) is 13.2 Å². The Labute approximate surface area is 107 Å². The first-order chi connectivity index (χ1) is 8.35.